The van der Waals surface area contributed by atoms with Crippen molar-refractivity contribution in [3.63, 3.8) is 0 Å². The lowest BCUT2D eigenvalue weighted by molar-refractivity contribution is 0.543. The highest BCUT2D eigenvalue weighted by Crippen LogP contribution is 2.20. The summed E-state index contributed by atoms with van der Waals surface area (Å²) in [5.74, 6) is 0. The van der Waals surface area contributed by atoms with Crippen molar-refractivity contribution in [2.24, 2.45) is 0 Å². The smallest absolute Gasteiger partial charge is 0.323 e. The molecule has 2 heterocycles. The number of anilines is 1. The topological polar surface area (TPSA) is 69.9 Å². The normalized spacial score (nSPS) is 11.1. The Morgan fingerprint density at radius 1 is 1.38 bits per heavy atom. The molecule has 0 atom stereocenters. The Bertz CT molecular complexity index is 653. The van der Waals surface area contributed by atoms with Crippen molar-refractivity contribution in [3.05, 3.63) is 36.2 Å². The van der Waals surface area contributed by atoms with Gasteiger partial charge in [-0.1, -0.05) is 0 Å². The second-order valence-electron chi connectivity index (χ2n) is 3.69. The van der Waals surface area contributed by atoms with E-state index in [9.17, 15) is 0 Å². The maximum Gasteiger partial charge on any atom is 0.323 e. The van der Waals surface area contributed by atoms with Gasteiger partial charge in [0, 0.05) is 18.0 Å². The van der Waals surface area contributed by atoms with Crippen LogP contribution in [0.15, 0.2) is 35.0 Å². The maximum atomic E-state index is 5.67. The summed E-state index contributed by atoms with van der Waals surface area (Å²) in [6.45, 7) is 1.96. The quantitative estimate of drug-likeness (QED) is 0.628. The largest absolute Gasteiger partial charge is 0.422 e. The third-order valence-corrected chi connectivity index (χ3v) is 2.31. The van der Waals surface area contributed by atoms with E-state index in [1.807, 2.05) is 19.2 Å². The zero-order valence-corrected chi connectivity index (χ0v) is 8.71. The van der Waals surface area contributed by atoms with Crippen LogP contribution in [0.25, 0.3) is 17.1 Å². The van der Waals surface area contributed by atoms with Crippen molar-refractivity contribution >= 4 is 16.8 Å². The van der Waals surface area contributed by atoms with Gasteiger partial charge in [-0.05, 0) is 24.6 Å². The highest BCUT2D eigenvalue weighted by atomic mass is 16.4. The lowest BCUT2D eigenvalue weighted by Crippen LogP contribution is -1.93. The Morgan fingerprint density at radius 2 is 2.25 bits per heavy atom. The van der Waals surface area contributed by atoms with E-state index in [2.05, 4.69) is 10.1 Å². The summed E-state index contributed by atoms with van der Waals surface area (Å²) in [4.78, 5) is 4.32. The number of nitrogen functional groups attached to an aromatic ring is 1. The Morgan fingerprint density at radius 3 is 3.00 bits per heavy atom. The first-order valence-corrected chi connectivity index (χ1v) is 4.90. The summed E-state index contributed by atoms with van der Waals surface area (Å²) in [7, 11) is 0. The van der Waals surface area contributed by atoms with E-state index >= 15 is 0 Å². The number of oxazole rings is 1. The fraction of sp³-hybridized carbons (Fsp3) is 0.0909. The Kier molecular flexibility index (Phi) is 1.73. The van der Waals surface area contributed by atoms with Crippen LogP contribution in [0.1, 0.15) is 5.56 Å². The van der Waals surface area contributed by atoms with E-state index in [4.69, 9.17) is 10.2 Å². The van der Waals surface area contributed by atoms with Crippen molar-refractivity contribution in [1.82, 2.24) is 14.8 Å². The predicted octanol–water partition coefficient (Wildman–Crippen LogP) is 1.90. The molecule has 0 spiro atoms. The van der Waals surface area contributed by atoms with Gasteiger partial charge < -0.3 is 10.2 Å². The van der Waals surface area contributed by atoms with Crippen LogP contribution in [0.3, 0.4) is 0 Å². The van der Waals surface area contributed by atoms with Crippen LogP contribution in [0.4, 0.5) is 5.69 Å². The minimum Gasteiger partial charge on any atom is -0.422 e. The van der Waals surface area contributed by atoms with Crippen molar-refractivity contribution in [3.8, 4) is 6.01 Å². The Balaban J connectivity index is 2.18. The van der Waals surface area contributed by atoms with Gasteiger partial charge in [0.25, 0.3) is 0 Å². The average Bonchev–Trinajstić information content (AvgIpc) is 2.83. The summed E-state index contributed by atoms with van der Waals surface area (Å²) in [6, 6.07) is 5.83. The molecule has 0 unspecified atom stereocenters. The lowest BCUT2D eigenvalue weighted by atomic mass is 10.3. The number of aromatic nitrogens is 3. The van der Waals surface area contributed by atoms with Crippen molar-refractivity contribution in [1.29, 1.82) is 0 Å². The van der Waals surface area contributed by atoms with Gasteiger partial charge in [-0.3, -0.25) is 0 Å². The molecule has 1 aromatic carbocycles. The van der Waals surface area contributed by atoms with E-state index in [0.717, 1.165) is 11.1 Å². The zero-order chi connectivity index (χ0) is 11.1. The van der Waals surface area contributed by atoms with E-state index in [1.54, 1.807) is 23.0 Å². The van der Waals surface area contributed by atoms with Crippen LogP contribution in [-0.2, 0) is 0 Å². The second kappa shape index (κ2) is 3.10. The predicted molar refractivity (Wildman–Crippen MR) is 60.3 cm³/mol. The van der Waals surface area contributed by atoms with Crippen LogP contribution in [0.2, 0.25) is 0 Å². The van der Waals surface area contributed by atoms with Crippen LogP contribution < -0.4 is 5.73 Å². The fourth-order valence-electron chi connectivity index (χ4n) is 1.54. The molecule has 2 aromatic heterocycles. The third kappa shape index (κ3) is 1.33. The first-order valence-electron chi connectivity index (χ1n) is 4.90. The molecule has 0 radical (unpaired) electrons. The van der Waals surface area contributed by atoms with Gasteiger partial charge in [0.15, 0.2) is 5.58 Å². The van der Waals surface area contributed by atoms with Crippen molar-refractivity contribution < 1.29 is 4.42 Å². The molecule has 5 nitrogen and oxygen atoms in total. The molecule has 80 valence electrons. The van der Waals surface area contributed by atoms with Gasteiger partial charge in [-0.25, -0.2) is 0 Å². The van der Waals surface area contributed by atoms with Crippen LogP contribution >= 0.6 is 0 Å². The summed E-state index contributed by atoms with van der Waals surface area (Å²) in [5.41, 5.74) is 8.83. The van der Waals surface area contributed by atoms with E-state index in [0.29, 0.717) is 17.3 Å². The summed E-state index contributed by atoms with van der Waals surface area (Å²) < 4.78 is 7.16. The average molecular weight is 214 g/mol. The van der Waals surface area contributed by atoms with Crippen LogP contribution in [0.5, 0.6) is 0 Å². The van der Waals surface area contributed by atoms with E-state index in [-0.39, 0.29) is 0 Å². The number of hydrogen-bond donors (Lipinski definition) is 1. The molecule has 0 aliphatic carbocycles. The number of fused-ring (bicyclic) bond motifs is 1. The molecular weight excluding hydrogens is 204 g/mol. The molecule has 0 fully saturated rings. The summed E-state index contributed by atoms with van der Waals surface area (Å²) >= 11 is 0. The van der Waals surface area contributed by atoms with E-state index < -0.39 is 0 Å². The second-order valence-corrected chi connectivity index (χ2v) is 3.69. The van der Waals surface area contributed by atoms with Crippen LogP contribution in [-0.4, -0.2) is 14.8 Å². The van der Waals surface area contributed by atoms with Gasteiger partial charge in [0.1, 0.15) is 5.52 Å². The molecule has 5 heteroatoms. The Labute approximate surface area is 91.5 Å². The molecule has 2 N–H and O–H groups in total. The van der Waals surface area contributed by atoms with Gasteiger partial charge in [-0.15, -0.1) is 0 Å². The first-order chi connectivity index (χ1) is 7.72. The number of hydrogen-bond acceptors (Lipinski definition) is 4. The third-order valence-electron chi connectivity index (χ3n) is 2.31. The monoisotopic (exact) mass is 214 g/mol. The molecule has 0 amide bonds. The first kappa shape index (κ1) is 8.96. The zero-order valence-electron chi connectivity index (χ0n) is 8.71. The van der Waals surface area contributed by atoms with Gasteiger partial charge in [-0.2, -0.15) is 14.8 Å². The molecule has 3 rings (SSSR count). The summed E-state index contributed by atoms with van der Waals surface area (Å²) in [6.07, 6.45) is 3.61. The molecule has 0 bridgehead atoms. The SMILES string of the molecule is Cc1cnn(-c2nc3ccc(N)cc3o2)c1. The standard InChI is InChI=1S/C11H10N4O/c1-7-5-13-15(6-7)11-14-9-3-2-8(12)4-10(9)16-11/h2-6H,12H2,1H3. The van der Waals surface area contributed by atoms with Gasteiger partial charge in [0.05, 0.1) is 6.20 Å². The Hall–Kier alpha value is -2.30. The number of nitrogens with zero attached hydrogens (tertiary/aromatic N) is 3. The summed E-state index contributed by atoms with van der Waals surface area (Å²) in [5, 5.41) is 4.13. The van der Waals surface area contributed by atoms with Crippen molar-refractivity contribution in [2.75, 3.05) is 5.73 Å². The van der Waals surface area contributed by atoms with Gasteiger partial charge in [0.2, 0.25) is 0 Å². The molecular formula is C11H10N4O. The van der Waals surface area contributed by atoms with Crippen LogP contribution in [0, 0.1) is 6.92 Å². The van der Waals surface area contributed by atoms with E-state index in [1.165, 1.54) is 0 Å². The molecule has 0 aliphatic heterocycles. The lowest BCUT2D eigenvalue weighted by Gasteiger charge is -1.90. The highest BCUT2D eigenvalue weighted by Gasteiger charge is 2.08. The molecule has 0 aliphatic rings. The maximum absolute atomic E-state index is 5.67. The fourth-order valence-corrected chi connectivity index (χ4v) is 1.54. The minimum atomic E-state index is 0.453. The van der Waals surface area contributed by atoms with Crippen molar-refractivity contribution in [2.45, 2.75) is 6.92 Å². The number of benzene rings is 1. The number of nitrogens with two attached hydrogens (primary N) is 1. The number of aryl methyl sites for hydroxylation is 1. The highest BCUT2D eigenvalue weighted by molar-refractivity contribution is 5.77. The molecule has 16 heavy (non-hydrogen) atoms. The van der Waals surface area contributed by atoms with Gasteiger partial charge >= 0.3 is 6.01 Å². The molecule has 3 aromatic rings. The molecule has 0 saturated heterocycles. The molecule has 0 saturated carbocycles. The number of rotatable bonds is 1. The minimum absolute atomic E-state index is 0.453.